The van der Waals surface area contributed by atoms with Gasteiger partial charge in [0.05, 0.1) is 5.56 Å². The lowest BCUT2D eigenvalue weighted by Crippen LogP contribution is -2.51. The number of nitrogens with zero attached hydrogens (tertiary/aromatic N) is 1. The minimum Gasteiger partial charge on any atom is -0.398 e. The number of amides is 1. The number of aliphatic hydroxyl groups excluding tert-OH is 1. The summed E-state index contributed by atoms with van der Waals surface area (Å²) in [5.41, 5.74) is 6.76. The van der Waals surface area contributed by atoms with Gasteiger partial charge in [-0.1, -0.05) is 15.9 Å². The first-order valence-corrected chi connectivity index (χ1v) is 5.86. The Balaban J connectivity index is 2.13. The van der Waals surface area contributed by atoms with Crippen LogP contribution in [-0.2, 0) is 0 Å². The molecule has 1 aromatic carbocycles. The molecule has 1 aliphatic heterocycles. The van der Waals surface area contributed by atoms with E-state index in [2.05, 4.69) is 15.9 Å². The number of anilines is 1. The van der Waals surface area contributed by atoms with Gasteiger partial charge in [0.2, 0.25) is 0 Å². The SMILES string of the molecule is Nc1ccc(Br)cc1C(=O)N1CC(CO)C1. The minimum atomic E-state index is -0.0662. The molecule has 1 aliphatic rings. The van der Waals surface area contributed by atoms with E-state index in [9.17, 15) is 4.79 Å². The highest BCUT2D eigenvalue weighted by Crippen LogP contribution is 2.23. The van der Waals surface area contributed by atoms with E-state index >= 15 is 0 Å². The summed E-state index contributed by atoms with van der Waals surface area (Å²) in [5.74, 6) is 0.154. The zero-order valence-electron chi connectivity index (χ0n) is 8.69. The topological polar surface area (TPSA) is 66.6 Å². The Morgan fingerprint density at radius 3 is 2.88 bits per heavy atom. The lowest BCUT2D eigenvalue weighted by molar-refractivity contribution is 0.0363. The standard InChI is InChI=1S/C11H13BrN2O2/c12-8-1-2-10(13)9(3-8)11(16)14-4-7(5-14)6-15/h1-3,7,15H,4-6,13H2. The molecule has 86 valence electrons. The van der Waals surface area contributed by atoms with Crippen molar-refractivity contribution >= 4 is 27.5 Å². The van der Waals surface area contributed by atoms with Gasteiger partial charge in [0.1, 0.15) is 0 Å². The number of carbonyl (C=O) groups excluding carboxylic acids is 1. The summed E-state index contributed by atoms with van der Waals surface area (Å²) in [6.45, 7) is 1.36. The molecule has 0 spiro atoms. The van der Waals surface area contributed by atoms with Crippen molar-refractivity contribution < 1.29 is 9.90 Å². The predicted molar refractivity (Wildman–Crippen MR) is 65.0 cm³/mol. The maximum Gasteiger partial charge on any atom is 0.256 e. The third kappa shape index (κ3) is 2.05. The van der Waals surface area contributed by atoms with Gasteiger partial charge in [0, 0.05) is 35.8 Å². The number of rotatable bonds is 2. The highest BCUT2D eigenvalue weighted by molar-refractivity contribution is 9.10. The summed E-state index contributed by atoms with van der Waals surface area (Å²) in [6.07, 6.45) is 0. The van der Waals surface area contributed by atoms with Gasteiger partial charge in [0.25, 0.3) is 5.91 Å². The molecule has 4 nitrogen and oxygen atoms in total. The number of hydrogen-bond donors (Lipinski definition) is 2. The monoisotopic (exact) mass is 284 g/mol. The summed E-state index contributed by atoms with van der Waals surface area (Å²) >= 11 is 3.31. The first kappa shape index (κ1) is 11.4. The Kier molecular flexibility index (Phi) is 3.16. The molecular weight excluding hydrogens is 272 g/mol. The van der Waals surface area contributed by atoms with Gasteiger partial charge in [0.15, 0.2) is 0 Å². The van der Waals surface area contributed by atoms with E-state index in [-0.39, 0.29) is 18.4 Å². The molecule has 0 bridgehead atoms. The lowest BCUT2D eigenvalue weighted by atomic mass is 9.99. The molecule has 2 rings (SSSR count). The van der Waals surface area contributed by atoms with Crippen molar-refractivity contribution in [3.8, 4) is 0 Å². The van der Waals surface area contributed by atoms with Crippen molar-refractivity contribution in [1.29, 1.82) is 0 Å². The zero-order valence-corrected chi connectivity index (χ0v) is 10.3. The largest absolute Gasteiger partial charge is 0.398 e. The molecule has 3 N–H and O–H groups in total. The molecule has 1 heterocycles. The first-order valence-electron chi connectivity index (χ1n) is 5.07. The average Bonchev–Trinajstić information content (AvgIpc) is 2.20. The van der Waals surface area contributed by atoms with Crippen LogP contribution in [-0.4, -0.2) is 35.6 Å². The molecule has 1 fully saturated rings. The summed E-state index contributed by atoms with van der Waals surface area (Å²) in [7, 11) is 0. The Morgan fingerprint density at radius 1 is 1.56 bits per heavy atom. The second-order valence-corrected chi connectivity index (χ2v) is 4.91. The van der Waals surface area contributed by atoms with Crippen molar-refractivity contribution in [2.75, 3.05) is 25.4 Å². The second kappa shape index (κ2) is 4.43. The molecule has 1 amide bonds. The van der Waals surface area contributed by atoms with E-state index in [1.807, 2.05) is 0 Å². The number of nitrogens with two attached hydrogens (primary N) is 1. The number of aliphatic hydroxyl groups is 1. The average molecular weight is 285 g/mol. The molecule has 5 heteroatoms. The maximum absolute atomic E-state index is 12.0. The van der Waals surface area contributed by atoms with Crippen LogP contribution in [0.5, 0.6) is 0 Å². The summed E-state index contributed by atoms with van der Waals surface area (Å²) in [5, 5.41) is 8.88. The van der Waals surface area contributed by atoms with Crippen molar-refractivity contribution in [2.45, 2.75) is 0 Å². The smallest absolute Gasteiger partial charge is 0.256 e. The Labute approximate surface area is 102 Å². The molecule has 0 unspecified atom stereocenters. The quantitative estimate of drug-likeness (QED) is 0.799. The van der Waals surface area contributed by atoms with Crippen LogP contribution in [0.3, 0.4) is 0 Å². The van der Waals surface area contributed by atoms with Gasteiger partial charge in [-0.15, -0.1) is 0 Å². The van der Waals surface area contributed by atoms with Crippen LogP contribution in [0.2, 0.25) is 0 Å². The van der Waals surface area contributed by atoms with Gasteiger partial charge in [-0.3, -0.25) is 4.79 Å². The van der Waals surface area contributed by atoms with Crippen molar-refractivity contribution in [2.24, 2.45) is 5.92 Å². The fraction of sp³-hybridized carbons (Fsp3) is 0.364. The molecule has 16 heavy (non-hydrogen) atoms. The molecular formula is C11H13BrN2O2. The van der Waals surface area contributed by atoms with Crippen molar-refractivity contribution in [3.05, 3.63) is 28.2 Å². The molecule has 0 atom stereocenters. The van der Waals surface area contributed by atoms with E-state index in [0.717, 1.165) is 4.47 Å². The molecule has 0 aromatic heterocycles. The molecule has 0 saturated carbocycles. The summed E-state index contributed by atoms with van der Waals surface area (Å²) in [4.78, 5) is 13.7. The number of likely N-dealkylation sites (tertiary alicyclic amines) is 1. The van der Waals surface area contributed by atoms with E-state index in [1.54, 1.807) is 23.1 Å². The predicted octanol–water partition coefficient (Wildman–Crippen LogP) is 1.10. The number of hydrogen-bond acceptors (Lipinski definition) is 3. The molecule has 1 aromatic rings. The normalized spacial score (nSPS) is 16.0. The summed E-state index contributed by atoms with van der Waals surface area (Å²) in [6, 6.07) is 5.24. The zero-order chi connectivity index (χ0) is 11.7. The molecule has 0 aliphatic carbocycles. The van der Waals surface area contributed by atoms with Crippen LogP contribution in [0.1, 0.15) is 10.4 Å². The van der Waals surface area contributed by atoms with Crippen LogP contribution >= 0.6 is 15.9 Å². The van der Waals surface area contributed by atoms with Crippen molar-refractivity contribution in [1.82, 2.24) is 4.90 Å². The molecule has 1 saturated heterocycles. The first-order chi connectivity index (χ1) is 7.61. The highest BCUT2D eigenvalue weighted by Gasteiger charge is 2.31. The number of halogens is 1. The van der Waals surface area contributed by atoms with Crippen LogP contribution in [0.4, 0.5) is 5.69 Å². The van der Waals surface area contributed by atoms with Crippen LogP contribution in [0.15, 0.2) is 22.7 Å². The van der Waals surface area contributed by atoms with Gasteiger partial charge >= 0.3 is 0 Å². The van der Waals surface area contributed by atoms with Gasteiger partial charge in [-0.2, -0.15) is 0 Å². The maximum atomic E-state index is 12.0. The number of carbonyl (C=O) groups is 1. The van der Waals surface area contributed by atoms with Gasteiger partial charge < -0.3 is 15.7 Å². The fourth-order valence-electron chi connectivity index (χ4n) is 1.74. The Hall–Kier alpha value is -1.07. The Morgan fingerprint density at radius 2 is 2.25 bits per heavy atom. The number of nitrogen functional groups attached to an aromatic ring is 1. The van der Waals surface area contributed by atoms with E-state index in [4.69, 9.17) is 10.8 Å². The van der Waals surface area contributed by atoms with Gasteiger partial charge in [-0.25, -0.2) is 0 Å². The lowest BCUT2D eigenvalue weighted by Gasteiger charge is -2.38. The highest BCUT2D eigenvalue weighted by atomic mass is 79.9. The van der Waals surface area contributed by atoms with Crippen LogP contribution in [0, 0.1) is 5.92 Å². The second-order valence-electron chi connectivity index (χ2n) is 3.99. The van der Waals surface area contributed by atoms with Crippen LogP contribution < -0.4 is 5.73 Å². The van der Waals surface area contributed by atoms with E-state index in [1.165, 1.54) is 0 Å². The van der Waals surface area contributed by atoms with Crippen molar-refractivity contribution in [3.63, 3.8) is 0 Å². The third-order valence-electron chi connectivity index (χ3n) is 2.75. The fourth-order valence-corrected chi connectivity index (χ4v) is 2.10. The van der Waals surface area contributed by atoms with E-state index in [0.29, 0.717) is 24.3 Å². The van der Waals surface area contributed by atoms with Gasteiger partial charge in [-0.05, 0) is 18.2 Å². The molecule has 0 radical (unpaired) electrons. The Bertz CT molecular complexity index is 416. The minimum absolute atomic E-state index is 0.0662. The van der Waals surface area contributed by atoms with Crippen LogP contribution in [0.25, 0.3) is 0 Å². The number of benzene rings is 1. The van der Waals surface area contributed by atoms with E-state index < -0.39 is 0 Å². The summed E-state index contributed by atoms with van der Waals surface area (Å²) < 4.78 is 0.837. The third-order valence-corrected chi connectivity index (χ3v) is 3.24.